The van der Waals surface area contributed by atoms with Crippen molar-refractivity contribution in [1.29, 1.82) is 0 Å². The number of guanidine groups is 1. The second-order valence-corrected chi connectivity index (χ2v) is 8.08. The number of carbonyl (C=O) groups is 1. The Hall–Kier alpha value is -1.64. The molecular weight excluding hydrogens is 352 g/mol. The molecule has 1 aliphatic rings. The van der Waals surface area contributed by atoms with Crippen LogP contribution in [0.5, 0.6) is 0 Å². The van der Waals surface area contributed by atoms with Gasteiger partial charge in [-0.1, -0.05) is 19.9 Å². The third-order valence-electron chi connectivity index (χ3n) is 3.78. The van der Waals surface area contributed by atoms with E-state index in [0.29, 0.717) is 24.9 Å². The minimum absolute atomic E-state index is 0. The minimum Gasteiger partial charge on any atom is -0.370 e. The molecule has 7 nitrogen and oxygen atoms in total. The van der Waals surface area contributed by atoms with E-state index < -0.39 is 15.9 Å². The summed E-state index contributed by atoms with van der Waals surface area (Å²) in [5.41, 5.74) is 10.5. The Morgan fingerprint density at radius 3 is 2.33 bits per heavy atom. The van der Waals surface area contributed by atoms with Gasteiger partial charge in [0, 0.05) is 18.7 Å². The van der Waals surface area contributed by atoms with Gasteiger partial charge in [0.2, 0.25) is 10.0 Å². The van der Waals surface area contributed by atoms with Crippen LogP contribution in [0, 0.1) is 11.8 Å². The summed E-state index contributed by atoms with van der Waals surface area (Å²) in [6.07, 6.45) is 1.01. The summed E-state index contributed by atoms with van der Waals surface area (Å²) < 4.78 is 27.1. The summed E-state index contributed by atoms with van der Waals surface area (Å²) in [5, 5.41) is 0. The van der Waals surface area contributed by atoms with Gasteiger partial charge in [0.05, 0.1) is 4.90 Å². The molecule has 1 amide bonds. The Morgan fingerprint density at radius 2 is 1.79 bits per heavy atom. The van der Waals surface area contributed by atoms with Gasteiger partial charge in [-0.2, -0.15) is 9.30 Å². The lowest BCUT2D eigenvalue weighted by atomic mass is 9.94. The molecule has 2 atom stereocenters. The zero-order valence-corrected chi connectivity index (χ0v) is 15.3. The number of amides is 1. The molecule has 0 aliphatic carbocycles. The second kappa shape index (κ2) is 7.96. The largest absolute Gasteiger partial charge is 0.370 e. The van der Waals surface area contributed by atoms with E-state index >= 15 is 0 Å². The van der Waals surface area contributed by atoms with E-state index in [4.69, 9.17) is 11.5 Å². The quantitative estimate of drug-likeness (QED) is 0.608. The van der Waals surface area contributed by atoms with Gasteiger partial charge in [0.25, 0.3) is 5.91 Å². The summed E-state index contributed by atoms with van der Waals surface area (Å²) >= 11 is 0. The highest BCUT2D eigenvalue weighted by molar-refractivity contribution is 7.89. The molecule has 1 saturated heterocycles. The average Bonchev–Trinajstić information content (AvgIpc) is 2.45. The van der Waals surface area contributed by atoms with E-state index in [2.05, 4.69) is 4.99 Å². The number of sulfonamides is 1. The van der Waals surface area contributed by atoms with E-state index in [0.717, 1.165) is 6.42 Å². The van der Waals surface area contributed by atoms with Crippen molar-refractivity contribution in [2.24, 2.45) is 28.3 Å². The van der Waals surface area contributed by atoms with Gasteiger partial charge in [-0.05, 0) is 36.5 Å². The fraction of sp³-hybridized carbons (Fsp3) is 0.467. The molecule has 1 fully saturated rings. The van der Waals surface area contributed by atoms with Crippen molar-refractivity contribution in [3.63, 3.8) is 0 Å². The molecule has 0 saturated carbocycles. The number of carbonyl (C=O) groups excluding carboxylic acids is 1. The van der Waals surface area contributed by atoms with Crippen molar-refractivity contribution in [3.8, 4) is 0 Å². The van der Waals surface area contributed by atoms with Crippen LogP contribution in [0.1, 0.15) is 30.6 Å². The van der Waals surface area contributed by atoms with Gasteiger partial charge < -0.3 is 11.5 Å². The molecule has 0 spiro atoms. The normalized spacial score (nSPS) is 21.6. The topological polar surface area (TPSA) is 119 Å². The number of rotatable bonds is 3. The van der Waals surface area contributed by atoms with E-state index in [1.807, 2.05) is 13.8 Å². The average molecular weight is 375 g/mol. The highest BCUT2D eigenvalue weighted by Gasteiger charge is 2.31. The summed E-state index contributed by atoms with van der Waals surface area (Å²) in [7, 11) is -3.64. The molecule has 2 unspecified atom stereocenters. The van der Waals surface area contributed by atoms with Crippen LogP contribution in [0.2, 0.25) is 0 Å². The first-order chi connectivity index (χ1) is 10.7. The summed E-state index contributed by atoms with van der Waals surface area (Å²) in [6.45, 7) is 5.05. The first kappa shape index (κ1) is 20.4. The Kier molecular flexibility index (Phi) is 6.76. The summed E-state index contributed by atoms with van der Waals surface area (Å²) in [6, 6.07) is 5.79. The van der Waals surface area contributed by atoms with E-state index in [1.165, 1.54) is 28.6 Å². The Labute approximate surface area is 148 Å². The zero-order chi connectivity index (χ0) is 17.2. The predicted octanol–water partition coefficient (Wildman–Crippen LogP) is 1.19. The number of hydrogen-bond donors (Lipinski definition) is 2. The van der Waals surface area contributed by atoms with Gasteiger partial charge >= 0.3 is 0 Å². The van der Waals surface area contributed by atoms with Gasteiger partial charge in [-0.15, -0.1) is 12.4 Å². The van der Waals surface area contributed by atoms with Crippen LogP contribution >= 0.6 is 12.4 Å². The number of aliphatic imine (C=N–C) groups is 1. The molecule has 1 aliphatic heterocycles. The maximum Gasteiger partial charge on any atom is 0.280 e. The monoisotopic (exact) mass is 374 g/mol. The van der Waals surface area contributed by atoms with Crippen LogP contribution in [0.25, 0.3) is 0 Å². The fourth-order valence-corrected chi connectivity index (χ4v) is 4.65. The lowest BCUT2D eigenvalue weighted by Crippen LogP contribution is -2.42. The number of benzene rings is 1. The van der Waals surface area contributed by atoms with E-state index in [1.54, 1.807) is 0 Å². The van der Waals surface area contributed by atoms with Crippen LogP contribution in [0.4, 0.5) is 0 Å². The lowest BCUT2D eigenvalue weighted by Gasteiger charge is -2.34. The lowest BCUT2D eigenvalue weighted by molar-refractivity contribution is 0.100. The molecule has 1 aromatic rings. The molecule has 1 heterocycles. The van der Waals surface area contributed by atoms with Crippen molar-refractivity contribution in [2.75, 3.05) is 13.1 Å². The highest BCUT2D eigenvalue weighted by Crippen LogP contribution is 2.27. The van der Waals surface area contributed by atoms with E-state index in [-0.39, 0.29) is 28.8 Å². The Balaban J connectivity index is 0.00000288. The second-order valence-electron chi connectivity index (χ2n) is 6.14. The van der Waals surface area contributed by atoms with Gasteiger partial charge in [-0.3, -0.25) is 4.79 Å². The maximum atomic E-state index is 12.8. The van der Waals surface area contributed by atoms with Gasteiger partial charge in [-0.25, -0.2) is 8.42 Å². The molecular formula is C15H23ClN4O3S. The molecule has 0 bridgehead atoms. The number of piperidine rings is 1. The summed E-state index contributed by atoms with van der Waals surface area (Å²) in [4.78, 5) is 15.4. The van der Waals surface area contributed by atoms with Crippen molar-refractivity contribution in [2.45, 2.75) is 25.2 Å². The van der Waals surface area contributed by atoms with Crippen LogP contribution in [0.3, 0.4) is 0 Å². The first-order valence-corrected chi connectivity index (χ1v) is 8.88. The van der Waals surface area contributed by atoms with Gasteiger partial charge in [0.1, 0.15) is 0 Å². The Morgan fingerprint density at radius 1 is 1.21 bits per heavy atom. The summed E-state index contributed by atoms with van der Waals surface area (Å²) in [5.74, 6) is -0.413. The SMILES string of the molecule is CC1CC(C)CN(S(=O)(=O)c2cccc(C(=O)N=C(N)N)c2)C1.Cl. The van der Waals surface area contributed by atoms with Crippen molar-refractivity contribution in [1.82, 2.24) is 4.31 Å². The van der Waals surface area contributed by atoms with Crippen LogP contribution in [-0.2, 0) is 10.0 Å². The molecule has 9 heteroatoms. The molecule has 4 N–H and O–H groups in total. The first-order valence-electron chi connectivity index (χ1n) is 7.44. The Bertz CT molecular complexity index is 722. The molecule has 2 rings (SSSR count). The standard InChI is InChI=1S/C15H22N4O3S.ClH/c1-10-6-11(2)9-19(8-10)23(21,22)13-5-3-4-12(7-13)14(20)18-15(16)17;/h3-5,7,10-11H,6,8-9H2,1-2H3,(H4,16,17,18,20);1H. The van der Waals surface area contributed by atoms with Crippen molar-refractivity contribution in [3.05, 3.63) is 29.8 Å². The molecule has 24 heavy (non-hydrogen) atoms. The number of halogens is 1. The highest BCUT2D eigenvalue weighted by atomic mass is 35.5. The molecule has 0 aromatic heterocycles. The molecule has 0 radical (unpaired) electrons. The fourth-order valence-electron chi connectivity index (χ4n) is 2.92. The predicted molar refractivity (Wildman–Crippen MR) is 95.5 cm³/mol. The number of hydrogen-bond acceptors (Lipinski definition) is 3. The zero-order valence-electron chi connectivity index (χ0n) is 13.7. The van der Waals surface area contributed by atoms with Crippen LogP contribution < -0.4 is 11.5 Å². The third kappa shape index (κ3) is 4.68. The van der Waals surface area contributed by atoms with E-state index in [9.17, 15) is 13.2 Å². The molecule has 134 valence electrons. The number of nitrogens with zero attached hydrogens (tertiary/aromatic N) is 2. The molecule has 1 aromatic carbocycles. The minimum atomic E-state index is -3.64. The van der Waals surface area contributed by atoms with Crippen LogP contribution in [-0.4, -0.2) is 37.7 Å². The smallest absolute Gasteiger partial charge is 0.280 e. The number of nitrogens with two attached hydrogens (primary N) is 2. The van der Waals surface area contributed by atoms with Crippen molar-refractivity contribution < 1.29 is 13.2 Å². The van der Waals surface area contributed by atoms with Crippen LogP contribution in [0.15, 0.2) is 34.2 Å². The van der Waals surface area contributed by atoms with Crippen molar-refractivity contribution >= 4 is 34.3 Å². The maximum absolute atomic E-state index is 12.8. The third-order valence-corrected chi connectivity index (χ3v) is 5.61. The van der Waals surface area contributed by atoms with Gasteiger partial charge in [0.15, 0.2) is 5.96 Å².